The molecule has 0 amide bonds. The number of fused-ring (bicyclic) bond motifs is 1. The number of rotatable bonds is 7. The molecule has 0 saturated carbocycles. The van der Waals surface area contributed by atoms with Crippen molar-refractivity contribution in [3.63, 3.8) is 0 Å². The van der Waals surface area contributed by atoms with Crippen LogP contribution in [-0.4, -0.2) is 31.5 Å². The minimum Gasteiger partial charge on any atom is -0.497 e. The molecule has 4 aromatic rings. The monoisotopic (exact) mass is 463 g/mol. The average Bonchev–Trinajstić information content (AvgIpc) is 2.84. The number of methoxy groups -OCH3 is 3. The van der Waals surface area contributed by atoms with E-state index >= 15 is 0 Å². The third kappa shape index (κ3) is 4.52. The van der Waals surface area contributed by atoms with Gasteiger partial charge in [-0.3, -0.25) is 0 Å². The van der Waals surface area contributed by atoms with E-state index in [-0.39, 0.29) is 0 Å². The van der Waals surface area contributed by atoms with Gasteiger partial charge in [-0.1, -0.05) is 17.7 Å². The first-order chi connectivity index (χ1) is 15.9. The van der Waals surface area contributed by atoms with Crippen LogP contribution in [0.2, 0.25) is 5.02 Å². The lowest BCUT2D eigenvalue weighted by Crippen LogP contribution is -2.06. The zero-order valence-electron chi connectivity index (χ0n) is 19.3. The molecule has 0 radical (unpaired) electrons. The molecule has 7 heteroatoms. The van der Waals surface area contributed by atoms with Crippen LogP contribution in [0.1, 0.15) is 16.8 Å². The number of anilines is 1. The number of nitrogens with zero attached hydrogens (tertiary/aromatic N) is 2. The molecule has 1 heterocycles. The van der Waals surface area contributed by atoms with Crippen LogP contribution in [0.5, 0.6) is 17.2 Å². The highest BCUT2D eigenvalue weighted by atomic mass is 35.5. The molecule has 0 aliphatic heterocycles. The standard InChI is InChI=1S/C26H26ClN3O3/c1-15-10-25(33-5)22(13-23(15)27)17-7-9-20-21(11-17)16(2)29-30-26(20)28-14-18-6-8-19(31-3)12-24(18)32-4/h6-13H,14H2,1-5H3,(H,28,30). The van der Waals surface area contributed by atoms with Crippen LogP contribution >= 0.6 is 11.6 Å². The van der Waals surface area contributed by atoms with Crippen molar-refractivity contribution in [2.45, 2.75) is 20.4 Å². The fourth-order valence-corrected chi connectivity index (χ4v) is 3.97. The number of halogens is 1. The van der Waals surface area contributed by atoms with Crippen LogP contribution in [0, 0.1) is 13.8 Å². The lowest BCUT2D eigenvalue weighted by molar-refractivity contribution is 0.391. The summed E-state index contributed by atoms with van der Waals surface area (Å²) in [7, 11) is 4.95. The minimum atomic E-state index is 0.531. The first-order valence-corrected chi connectivity index (χ1v) is 10.9. The zero-order valence-corrected chi connectivity index (χ0v) is 20.1. The minimum absolute atomic E-state index is 0.531. The Labute approximate surface area is 198 Å². The maximum Gasteiger partial charge on any atom is 0.156 e. The number of hydrogen-bond donors (Lipinski definition) is 1. The Bertz CT molecular complexity index is 1320. The maximum absolute atomic E-state index is 6.40. The SMILES string of the molecule is COc1ccc(CNc2nnc(C)c3cc(-c4cc(Cl)c(C)cc4OC)ccc23)c(OC)c1. The van der Waals surface area contributed by atoms with Crippen LogP contribution in [0.25, 0.3) is 21.9 Å². The third-order valence-corrected chi connectivity index (χ3v) is 6.10. The first-order valence-electron chi connectivity index (χ1n) is 10.5. The van der Waals surface area contributed by atoms with E-state index in [9.17, 15) is 0 Å². The number of benzene rings is 3. The second-order valence-corrected chi connectivity index (χ2v) is 8.13. The summed E-state index contributed by atoms with van der Waals surface area (Å²) in [6.07, 6.45) is 0. The molecule has 0 atom stereocenters. The first kappa shape index (κ1) is 22.7. The largest absolute Gasteiger partial charge is 0.497 e. The highest BCUT2D eigenvalue weighted by Crippen LogP contribution is 2.37. The summed E-state index contributed by atoms with van der Waals surface area (Å²) in [4.78, 5) is 0. The van der Waals surface area contributed by atoms with Crippen molar-refractivity contribution in [1.82, 2.24) is 10.2 Å². The predicted octanol–water partition coefficient (Wildman–Crippen LogP) is 6.20. The van der Waals surface area contributed by atoms with Gasteiger partial charge in [0, 0.05) is 39.5 Å². The van der Waals surface area contributed by atoms with Crippen molar-refractivity contribution in [2.24, 2.45) is 0 Å². The molecule has 4 rings (SSSR count). The second kappa shape index (κ2) is 9.55. The lowest BCUT2D eigenvalue weighted by atomic mass is 9.99. The molecule has 0 saturated heterocycles. The molecule has 0 spiro atoms. The molecular formula is C26H26ClN3O3. The topological polar surface area (TPSA) is 65.5 Å². The Morgan fingerprint density at radius 1 is 0.818 bits per heavy atom. The summed E-state index contributed by atoms with van der Waals surface area (Å²) in [5, 5.41) is 14.9. The van der Waals surface area contributed by atoms with E-state index in [1.165, 1.54) is 0 Å². The van der Waals surface area contributed by atoms with Gasteiger partial charge in [0.1, 0.15) is 17.2 Å². The zero-order chi connectivity index (χ0) is 23.5. The van der Waals surface area contributed by atoms with Crippen LogP contribution in [0.4, 0.5) is 5.82 Å². The van der Waals surface area contributed by atoms with Crippen LogP contribution < -0.4 is 19.5 Å². The summed E-state index contributed by atoms with van der Waals surface area (Å²) >= 11 is 6.40. The smallest absolute Gasteiger partial charge is 0.156 e. The van der Waals surface area contributed by atoms with Crippen molar-refractivity contribution in [3.8, 4) is 28.4 Å². The summed E-state index contributed by atoms with van der Waals surface area (Å²) in [6.45, 7) is 4.45. The molecule has 0 aliphatic carbocycles. The molecule has 0 aliphatic rings. The fourth-order valence-electron chi connectivity index (χ4n) is 3.81. The predicted molar refractivity (Wildman–Crippen MR) is 133 cm³/mol. The van der Waals surface area contributed by atoms with Crippen molar-refractivity contribution in [2.75, 3.05) is 26.6 Å². The van der Waals surface area contributed by atoms with E-state index in [0.29, 0.717) is 17.4 Å². The number of hydrogen-bond acceptors (Lipinski definition) is 6. The normalized spacial score (nSPS) is 10.8. The molecule has 0 unspecified atom stereocenters. The van der Waals surface area contributed by atoms with Gasteiger partial charge in [-0.25, -0.2) is 0 Å². The number of aromatic nitrogens is 2. The number of nitrogens with one attached hydrogen (secondary N) is 1. The van der Waals surface area contributed by atoms with Gasteiger partial charge in [0.15, 0.2) is 5.82 Å². The van der Waals surface area contributed by atoms with Crippen molar-refractivity contribution >= 4 is 28.2 Å². The summed E-state index contributed by atoms with van der Waals surface area (Å²) in [5.41, 5.74) is 4.74. The molecule has 6 nitrogen and oxygen atoms in total. The summed E-state index contributed by atoms with van der Waals surface area (Å²) in [6, 6.07) is 15.8. The van der Waals surface area contributed by atoms with Gasteiger partial charge in [-0.15, -0.1) is 5.10 Å². The van der Waals surface area contributed by atoms with E-state index in [0.717, 1.165) is 56.0 Å². The molecule has 0 fully saturated rings. The molecular weight excluding hydrogens is 438 g/mol. The van der Waals surface area contributed by atoms with E-state index in [1.807, 2.05) is 56.3 Å². The average molecular weight is 464 g/mol. The van der Waals surface area contributed by atoms with Crippen molar-refractivity contribution in [3.05, 3.63) is 70.4 Å². The molecule has 1 aromatic heterocycles. The summed E-state index contributed by atoms with van der Waals surface area (Å²) < 4.78 is 16.4. The fraction of sp³-hybridized carbons (Fsp3) is 0.231. The van der Waals surface area contributed by atoms with E-state index in [2.05, 4.69) is 21.6 Å². The van der Waals surface area contributed by atoms with Gasteiger partial charge in [-0.2, -0.15) is 5.10 Å². The van der Waals surface area contributed by atoms with Gasteiger partial charge in [0.05, 0.1) is 27.0 Å². The Kier molecular flexibility index (Phi) is 6.56. The maximum atomic E-state index is 6.40. The van der Waals surface area contributed by atoms with E-state index in [1.54, 1.807) is 21.3 Å². The molecule has 0 bridgehead atoms. The van der Waals surface area contributed by atoms with Gasteiger partial charge < -0.3 is 19.5 Å². The van der Waals surface area contributed by atoms with E-state index < -0.39 is 0 Å². The Morgan fingerprint density at radius 3 is 2.33 bits per heavy atom. The Balaban J connectivity index is 1.70. The highest BCUT2D eigenvalue weighted by Gasteiger charge is 2.14. The van der Waals surface area contributed by atoms with Crippen LogP contribution in [-0.2, 0) is 6.54 Å². The van der Waals surface area contributed by atoms with Crippen LogP contribution in [0.3, 0.4) is 0 Å². The number of aryl methyl sites for hydroxylation is 2. The van der Waals surface area contributed by atoms with Gasteiger partial charge in [0.2, 0.25) is 0 Å². The molecule has 3 aromatic carbocycles. The van der Waals surface area contributed by atoms with Gasteiger partial charge in [-0.05, 0) is 61.4 Å². The Hall–Kier alpha value is -3.51. The third-order valence-electron chi connectivity index (χ3n) is 5.70. The second-order valence-electron chi connectivity index (χ2n) is 7.73. The summed E-state index contributed by atoms with van der Waals surface area (Å²) in [5.74, 6) is 2.97. The molecule has 170 valence electrons. The van der Waals surface area contributed by atoms with E-state index in [4.69, 9.17) is 25.8 Å². The van der Waals surface area contributed by atoms with Gasteiger partial charge >= 0.3 is 0 Å². The number of ether oxygens (including phenoxy) is 3. The highest BCUT2D eigenvalue weighted by molar-refractivity contribution is 6.31. The molecule has 33 heavy (non-hydrogen) atoms. The quantitative estimate of drug-likeness (QED) is 0.351. The van der Waals surface area contributed by atoms with Gasteiger partial charge in [0.25, 0.3) is 0 Å². The molecule has 1 N–H and O–H groups in total. The van der Waals surface area contributed by atoms with Crippen molar-refractivity contribution in [1.29, 1.82) is 0 Å². The van der Waals surface area contributed by atoms with Crippen molar-refractivity contribution < 1.29 is 14.2 Å². The Morgan fingerprint density at radius 2 is 1.61 bits per heavy atom. The lowest BCUT2D eigenvalue weighted by Gasteiger charge is -2.15. The van der Waals surface area contributed by atoms with Crippen LogP contribution in [0.15, 0.2) is 48.5 Å².